The van der Waals surface area contributed by atoms with E-state index >= 15 is 0 Å². The number of amides is 1. The molecule has 0 unspecified atom stereocenters. The summed E-state index contributed by atoms with van der Waals surface area (Å²) in [5, 5.41) is 3.03. The van der Waals surface area contributed by atoms with Gasteiger partial charge in [0.1, 0.15) is 0 Å². The van der Waals surface area contributed by atoms with Crippen molar-refractivity contribution in [2.45, 2.75) is 25.7 Å². The quantitative estimate of drug-likeness (QED) is 0.722. The Morgan fingerprint density at radius 2 is 1.94 bits per heavy atom. The summed E-state index contributed by atoms with van der Waals surface area (Å²) in [6, 6.07) is 7.89. The van der Waals surface area contributed by atoms with Crippen LogP contribution in [0.15, 0.2) is 47.7 Å². The maximum Gasteiger partial charge on any atom is 0.255 e. The molecule has 0 saturated carbocycles. The summed E-state index contributed by atoms with van der Waals surface area (Å²) < 4.78 is 0. The normalized spacial score (nSPS) is 18.9. The van der Waals surface area contributed by atoms with Crippen molar-refractivity contribution in [1.82, 2.24) is 5.32 Å². The minimum absolute atomic E-state index is 0.0272. The summed E-state index contributed by atoms with van der Waals surface area (Å²) in [6.07, 6.45) is 8.37. The first-order valence-electron chi connectivity index (χ1n) is 6.12. The molecule has 0 atom stereocenters. The highest BCUT2D eigenvalue weighted by molar-refractivity contribution is 5.97. The molecule has 0 aromatic heterocycles. The number of aryl methyl sites for hydroxylation is 1. The van der Waals surface area contributed by atoms with Gasteiger partial charge in [-0.15, -0.1) is 0 Å². The molecule has 1 aromatic carbocycles. The highest BCUT2D eigenvalue weighted by Crippen LogP contribution is 2.25. The van der Waals surface area contributed by atoms with Gasteiger partial charge in [0, 0.05) is 11.3 Å². The molecule has 0 radical (unpaired) electrons. The van der Waals surface area contributed by atoms with Crippen molar-refractivity contribution >= 4 is 5.91 Å². The highest BCUT2D eigenvalue weighted by Gasteiger charge is 2.18. The van der Waals surface area contributed by atoms with Crippen LogP contribution in [-0.2, 0) is 6.42 Å². The second kappa shape index (κ2) is 4.21. The number of hydrogen-bond acceptors (Lipinski definition) is 1. The molecule has 0 bridgehead atoms. The van der Waals surface area contributed by atoms with Gasteiger partial charge >= 0.3 is 0 Å². The Balaban J connectivity index is 2.00. The van der Waals surface area contributed by atoms with Crippen molar-refractivity contribution in [3.05, 3.63) is 58.8 Å². The molecule has 0 spiro atoms. The second-order valence-corrected chi connectivity index (χ2v) is 4.57. The van der Waals surface area contributed by atoms with Gasteiger partial charge in [-0.1, -0.05) is 24.3 Å². The van der Waals surface area contributed by atoms with Crippen molar-refractivity contribution in [1.29, 1.82) is 0 Å². The fourth-order valence-electron chi connectivity index (χ4n) is 2.54. The largest absolute Gasteiger partial charge is 0.322 e. The van der Waals surface area contributed by atoms with Crippen LogP contribution in [0.2, 0.25) is 0 Å². The number of allylic oxidation sites excluding steroid dienone is 3. The van der Waals surface area contributed by atoms with E-state index < -0.39 is 0 Å². The van der Waals surface area contributed by atoms with Crippen molar-refractivity contribution < 1.29 is 4.79 Å². The molecule has 1 amide bonds. The Hall–Kier alpha value is -1.83. The lowest BCUT2D eigenvalue weighted by Crippen LogP contribution is -2.26. The van der Waals surface area contributed by atoms with Gasteiger partial charge in [0.05, 0.1) is 0 Å². The van der Waals surface area contributed by atoms with Crippen LogP contribution in [0.3, 0.4) is 0 Å². The van der Waals surface area contributed by atoms with Gasteiger partial charge in [-0.3, -0.25) is 4.79 Å². The van der Waals surface area contributed by atoms with E-state index in [-0.39, 0.29) is 5.91 Å². The van der Waals surface area contributed by atoms with Crippen LogP contribution in [0.1, 0.15) is 35.2 Å². The predicted octanol–water partition coefficient (Wildman–Crippen LogP) is 2.97. The Labute approximate surface area is 101 Å². The van der Waals surface area contributed by atoms with E-state index in [0.717, 1.165) is 42.5 Å². The lowest BCUT2D eigenvalue weighted by Gasteiger charge is -2.21. The molecule has 1 heterocycles. The van der Waals surface area contributed by atoms with Crippen LogP contribution >= 0.6 is 0 Å². The second-order valence-electron chi connectivity index (χ2n) is 4.57. The van der Waals surface area contributed by atoms with Crippen LogP contribution in [0.25, 0.3) is 0 Å². The van der Waals surface area contributed by atoms with E-state index in [1.54, 1.807) is 0 Å². The molecule has 1 aromatic rings. The standard InChI is InChI=1S/C15H15NO/c17-15-13-7-3-1-5-11(13)9-10-12-6-2-4-8-14(12)16-15/h1,3-5,7-8H,2,6,9-10H2,(H,16,17). The molecule has 2 nitrogen and oxygen atoms in total. The van der Waals surface area contributed by atoms with Crippen molar-refractivity contribution in [3.8, 4) is 0 Å². The van der Waals surface area contributed by atoms with Gasteiger partial charge in [-0.25, -0.2) is 0 Å². The molecule has 2 aliphatic rings. The third-order valence-corrected chi connectivity index (χ3v) is 3.48. The highest BCUT2D eigenvalue weighted by atomic mass is 16.1. The predicted molar refractivity (Wildman–Crippen MR) is 67.6 cm³/mol. The Bertz CT molecular complexity index is 525. The van der Waals surface area contributed by atoms with E-state index in [1.807, 2.05) is 24.3 Å². The number of fused-ring (bicyclic) bond motifs is 1. The fourth-order valence-corrected chi connectivity index (χ4v) is 2.54. The number of nitrogens with one attached hydrogen (secondary N) is 1. The molecule has 3 rings (SSSR count). The monoisotopic (exact) mass is 225 g/mol. The number of rotatable bonds is 0. The van der Waals surface area contributed by atoms with Crippen molar-refractivity contribution in [2.24, 2.45) is 0 Å². The third-order valence-electron chi connectivity index (χ3n) is 3.48. The summed E-state index contributed by atoms with van der Waals surface area (Å²) in [4.78, 5) is 12.1. The first-order chi connectivity index (χ1) is 8.34. The smallest absolute Gasteiger partial charge is 0.255 e. The SMILES string of the molecule is O=C1NC2=C(CCC=C2)CCc2ccccc21. The number of benzene rings is 1. The molecule has 2 heteroatoms. The lowest BCUT2D eigenvalue weighted by atomic mass is 9.92. The average molecular weight is 225 g/mol. The maximum absolute atomic E-state index is 12.1. The van der Waals surface area contributed by atoms with E-state index in [4.69, 9.17) is 0 Å². The lowest BCUT2D eigenvalue weighted by molar-refractivity contribution is 0.0964. The molecule has 1 N–H and O–H groups in total. The zero-order chi connectivity index (χ0) is 11.7. The topological polar surface area (TPSA) is 29.1 Å². The molecule has 86 valence electrons. The summed E-state index contributed by atoms with van der Waals surface area (Å²) in [5.41, 5.74) is 4.38. The Kier molecular flexibility index (Phi) is 2.56. The van der Waals surface area contributed by atoms with E-state index in [9.17, 15) is 4.79 Å². The molecular formula is C15H15NO. The maximum atomic E-state index is 12.1. The Morgan fingerprint density at radius 1 is 1.06 bits per heavy atom. The first kappa shape index (κ1) is 10.3. The minimum Gasteiger partial charge on any atom is -0.322 e. The summed E-state index contributed by atoms with van der Waals surface area (Å²) in [7, 11) is 0. The first-order valence-corrected chi connectivity index (χ1v) is 6.12. The van der Waals surface area contributed by atoms with Crippen LogP contribution in [0.4, 0.5) is 0 Å². The number of carbonyl (C=O) groups excluding carboxylic acids is 1. The van der Waals surface area contributed by atoms with Crippen LogP contribution in [0, 0.1) is 0 Å². The van der Waals surface area contributed by atoms with Crippen LogP contribution in [0.5, 0.6) is 0 Å². The zero-order valence-corrected chi connectivity index (χ0v) is 9.70. The molecule has 0 fully saturated rings. The van der Waals surface area contributed by atoms with Gasteiger partial charge in [0.25, 0.3) is 5.91 Å². The van der Waals surface area contributed by atoms with E-state index in [0.29, 0.717) is 0 Å². The molecular weight excluding hydrogens is 210 g/mol. The summed E-state index contributed by atoms with van der Waals surface area (Å²) in [6.45, 7) is 0. The molecule has 1 aliphatic carbocycles. The zero-order valence-electron chi connectivity index (χ0n) is 9.70. The molecule has 0 saturated heterocycles. The molecule has 1 aliphatic heterocycles. The minimum atomic E-state index is 0.0272. The van der Waals surface area contributed by atoms with Crippen LogP contribution in [-0.4, -0.2) is 5.91 Å². The van der Waals surface area contributed by atoms with E-state index in [1.165, 1.54) is 5.57 Å². The number of carbonyl (C=O) groups is 1. The van der Waals surface area contributed by atoms with E-state index in [2.05, 4.69) is 17.5 Å². The van der Waals surface area contributed by atoms with Gasteiger partial charge in [0.2, 0.25) is 0 Å². The average Bonchev–Trinajstić information content (AvgIpc) is 2.36. The van der Waals surface area contributed by atoms with Gasteiger partial charge in [-0.05, 0) is 49.0 Å². The van der Waals surface area contributed by atoms with Crippen molar-refractivity contribution in [2.75, 3.05) is 0 Å². The van der Waals surface area contributed by atoms with Crippen molar-refractivity contribution in [3.63, 3.8) is 0 Å². The van der Waals surface area contributed by atoms with Crippen LogP contribution < -0.4 is 5.32 Å². The van der Waals surface area contributed by atoms with Gasteiger partial charge < -0.3 is 5.32 Å². The molecule has 17 heavy (non-hydrogen) atoms. The summed E-state index contributed by atoms with van der Waals surface area (Å²) in [5.74, 6) is 0.0272. The summed E-state index contributed by atoms with van der Waals surface area (Å²) >= 11 is 0. The van der Waals surface area contributed by atoms with Gasteiger partial charge in [-0.2, -0.15) is 0 Å². The Morgan fingerprint density at radius 3 is 2.88 bits per heavy atom. The number of hydrogen-bond donors (Lipinski definition) is 1. The third kappa shape index (κ3) is 1.91. The van der Waals surface area contributed by atoms with Gasteiger partial charge in [0.15, 0.2) is 0 Å². The fraction of sp³-hybridized carbons (Fsp3) is 0.267.